The van der Waals surface area contributed by atoms with Crippen LogP contribution in [0.5, 0.6) is 0 Å². The number of aliphatic hydroxyl groups excluding tert-OH is 1. The lowest BCUT2D eigenvalue weighted by molar-refractivity contribution is 0.0198. The number of hydrogen-bond donors (Lipinski definition) is 1. The van der Waals surface area contributed by atoms with Gasteiger partial charge in [0, 0.05) is 18.7 Å². The zero-order valence-corrected chi connectivity index (χ0v) is 10.1. The summed E-state index contributed by atoms with van der Waals surface area (Å²) in [6.07, 6.45) is 2.29. The van der Waals surface area contributed by atoms with Gasteiger partial charge in [-0.2, -0.15) is 0 Å². The fourth-order valence-electron chi connectivity index (χ4n) is 2.51. The van der Waals surface area contributed by atoms with E-state index < -0.39 is 0 Å². The summed E-state index contributed by atoms with van der Waals surface area (Å²) < 4.78 is 0. The summed E-state index contributed by atoms with van der Waals surface area (Å²) in [5, 5.41) is 9.17. The van der Waals surface area contributed by atoms with Crippen LogP contribution >= 0.6 is 0 Å². The normalized spacial score (nSPS) is 28.3. The van der Waals surface area contributed by atoms with Gasteiger partial charge in [0.15, 0.2) is 0 Å². The van der Waals surface area contributed by atoms with Crippen molar-refractivity contribution in [3.63, 3.8) is 0 Å². The van der Waals surface area contributed by atoms with E-state index in [1.807, 2.05) is 0 Å². The maximum absolute atomic E-state index is 9.17. The number of aliphatic hydroxyl groups is 1. The molecule has 0 amide bonds. The Hall–Kier alpha value is -0.0800. The largest absolute Gasteiger partial charge is 0.396 e. The lowest BCUT2D eigenvalue weighted by atomic mass is 9.82. The van der Waals surface area contributed by atoms with E-state index in [1.165, 1.54) is 6.54 Å². The van der Waals surface area contributed by atoms with Crippen LogP contribution in [0.25, 0.3) is 0 Å². The van der Waals surface area contributed by atoms with Crippen LogP contribution in [0.4, 0.5) is 0 Å². The van der Waals surface area contributed by atoms with Crippen molar-refractivity contribution < 1.29 is 5.11 Å². The van der Waals surface area contributed by atoms with Crippen LogP contribution in [-0.4, -0.2) is 35.2 Å². The molecular formula is C12H25NO. The monoisotopic (exact) mass is 199 g/mol. The van der Waals surface area contributed by atoms with E-state index in [1.54, 1.807) is 0 Å². The molecule has 84 valence electrons. The maximum atomic E-state index is 9.17. The highest BCUT2D eigenvalue weighted by Crippen LogP contribution is 2.31. The molecular weight excluding hydrogens is 174 g/mol. The molecule has 2 nitrogen and oxygen atoms in total. The van der Waals surface area contributed by atoms with Crippen molar-refractivity contribution in [1.29, 1.82) is 0 Å². The summed E-state index contributed by atoms with van der Waals surface area (Å²) in [7, 11) is 0. The fourth-order valence-corrected chi connectivity index (χ4v) is 2.51. The van der Waals surface area contributed by atoms with Gasteiger partial charge in [0.25, 0.3) is 0 Å². The topological polar surface area (TPSA) is 23.5 Å². The number of hydrogen-bond acceptors (Lipinski definition) is 2. The SMILES string of the molecule is CC(C)CN1CCC(CO)CC1(C)C. The van der Waals surface area contributed by atoms with E-state index in [4.69, 9.17) is 0 Å². The molecule has 0 aromatic rings. The molecule has 0 bridgehead atoms. The second-order valence-corrected chi connectivity index (χ2v) is 5.69. The predicted octanol–water partition coefficient (Wildman–Crippen LogP) is 2.13. The van der Waals surface area contributed by atoms with Crippen LogP contribution in [0.3, 0.4) is 0 Å². The van der Waals surface area contributed by atoms with Gasteiger partial charge < -0.3 is 5.11 Å². The zero-order valence-electron chi connectivity index (χ0n) is 10.1. The van der Waals surface area contributed by atoms with Gasteiger partial charge in [0.1, 0.15) is 0 Å². The van der Waals surface area contributed by atoms with Crippen molar-refractivity contribution in [1.82, 2.24) is 4.90 Å². The highest BCUT2D eigenvalue weighted by molar-refractivity contribution is 4.89. The molecule has 1 aliphatic heterocycles. The van der Waals surface area contributed by atoms with Gasteiger partial charge in [0.2, 0.25) is 0 Å². The maximum Gasteiger partial charge on any atom is 0.0460 e. The van der Waals surface area contributed by atoms with E-state index >= 15 is 0 Å². The standard InChI is InChI=1S/C12H25NO/c1-10(2)8-13-6-5-11(9-14)7-12(13,3)4/h10-11,14H,5-9H2,1-4H3. The van der Waals surface area contributed by atoms with Crippen LogP contribution < -0.4 is 0 Å². The van der Waals surface area contributed by atoms with Gasteiger partial charge in [-0.3, -0.25) is 4.90 Å². The first-order valence-electron chi connectivity index (χ1n) is 5.81. The highest BCUT2D eigenvalue weighted by Gasteiger charge is 2.34. The van der Waals surface area contributed by atoms with Crippen molar-refractivity contribution >= 4 is 0 Å². The molecule has 1 heterocycles. The van der Waals surface area contributed by atoms with Crippen LogP contribution in [0.1, 0.15) is 40.5 Å². The molecule has 1 N–H and O–H groups in total. The molecule has 0 spiro atoms. The molecule has 0 aliphatic carbocycles. The minimum absolute atomic E-state index is 0.274. The van der Waals surface area contributed by atoms with E-state index in [0.29, 0.717) is 12.5 Å². The van der Waals surface area contributed by atoms with Gasteiger partial charge in [-0.25, -0.2) is 0 Å². The molecule has 1 rings (SSSR count). The number of rotatable bonds is 3. The average molecular weight is 199 g/mol. The Morgan fingerprint density at radius 2 is 2.07 bits per heavy atom. The molecule has 1 atom stereocenters. The summed E-state index contributed by atoms with van der Waals surface area (Å²) in [6.45, 7) is 11.8. The Balaban J connectivity index is 2.54. The van der Waals surface area contributed by atoms with Crippen LogP contribution in [0.2, 0.25) is 0 Å². The molecule has 1 unspecified atom stereocenters. The van der Waals surface area contributed by atoms with Gasteiger partial charge in [-0.05, 0) is 45.1 Å². The van der Waals surface area contributed by atoms with E-state index in [9.17, 15) is 5.11 Å². The Morgan fingerprint density at radius 3 is 2.50 bits per heavy atom. The first-order valence-corrected chi connectivity index (χ1v) is 5.81. The molecule has 1 saturated heterocycles. The first kappa shape index (κ1) is 12.0. The number of piperidine rings is 1. The average Bonchev–Trinajstić information content (AvgIpc) is 2.07. The minimum Gasteiger partial charge on any atom is -0.396 e. The van der Waals surface area contributed by atoms with Crippen molar-refractivity contribution in [2.45, 2.75) is 46.1 Å². The van der Waals surface area contributed by atoms with Crippen LogP contribution in [-0.2, 0) is 0 Å². The Kier molecular flexibility index (Phi) is 3.96. The van der Waals surface area contributed by atoms with Crippen molar-refractivity contribution in [2.24, 2.45) is 11.8 Å². The molecule has 0 aromatic carbocycles. The summed E-state index contributed by atoms with van der Waals surface area (Å²) in [5.41, 5.74) is 0.274. The second kappa shape index (κ2) is 4.63. The summed E-state index contributed by atoms with van der Waals surface area (Å²) in [5.74, 6) is 1.26. The second-order valence-electron chi connectivity index (χ2n) is 5.69. The molecule has 0 radical (unpaired) electrons. The van der Waals surface area contributed by atoms with E-state index in [2.05, 4.69) is 32.6 Å². The third-order valence-electron chi connectivity index (χ3n) is 3.30. The molecule has 0 aromatic heterocycles. The van der Waals surface area contributed by atoms with Gasteiger partial charge in [0.05, 0.1) is 0 Å². The number of likely N-dealkylation sites (tertiary alicyclic amines) is 1. The molecule has 0 saturated carbocycles. The van der Waals surface area contributed by atoms with Crippen molar-refractivity contribution in [2.75, 3.05) is 19.7 Å². The third kappa shape index (κ3) is 2.96. The summed E-state index contributed by atoms with van der Waals surface area (Å²) in [6, 6.07) is 0. The Morgan fingerprint density at radius 1 is 1.43 bits per heavy atom. The van der Waals surface area contributed by atoms with Crippen LogP contribution in [0.15, 0.2) is 0 Å². The van der Waals surface area contributed by atoms with E-state index in [-0.39, 0.29) is 5.54 Å². The molecule has 1 fully saturated rings. The van der Waals surface area contributed by atoms with Gasteiger partial charge in [-0.1, -0.05) is 13.8 Å². The van der Waals surface area contributed by atoms with Crippen molar-refractivity contribution in [3.05, 3.63) is 0 Å². The lowest BCUT2D eigenvalue weighted by Gasteiger charge is -2.46. The number of nitrogens with zero attached hydrogens (tertiary/aromatic N) is 1. The summed E-state index contributed by atoms with van der Waals surface area (Å²) in [4.78, 5) is 2.57. The minimum atomic E-state index is 0.274. The predicted molar refractivity (Wildman–Crippen MR) is 60.3 cm³/mol. The molecule has 1 aliphatic rings. The van der Waals surface area contributed by atoms with Gasteiger partial charge in [-0.15, -0.1) is 0 Å². The Bertz CT molecular complexity index is 177. The first-order chi connectivity index (χ1) is 6.45. The van der Waals surface area contributed by atoms with Crippen molar-refractivity contribution in [3.8, 4) is 0 Å². The Labute approximate surface area is 88.3 Å². The van der Waals surface area contributed by atoms with E-state index in [0.717, 1.165) is 25.3 Å². The quantitative estimate of drug-likeness (QED) is 0.752. The van der Waals surface area contributed by atoms with Crippen LogP contribution in [0, 0.1) is 11.8 Å². The fraction of sp³-hybridized carbons (Fsp3) is 1.00. The highest BCUT2D eigenvalue weighted by atomic mass is 16.3. The lowest BCUT2D eigenvalue weighted by Crippen LogP contribution is -2.51. The van der Waals surface area contributed by atoms with Gasteiger partial charge >= 0.3 is 0 Å². The smallest absolute Gasteiger partial charge is 0.0460 e. The third-order valence-corrected chi connectivity index (χ3v) is 3.30. The molecule has 2 heteroatoms. The zero-order chi connectivity index (χ0) is 10.8. The summed E-state index contributed by atoms with van der Waals surface area (Å²) >= 11 is 0. The molecule has 14 heavy (non-hydrogen) atoms.